The Hall–Kier alpha value is -2.84. The number of amides is 1. The molecule has 5 rings (SSSR count). The molecule has 1 N–H and O–H groups in total. The fourth-order valence-electron chi connectivity index (χ4n) is 4.85. The van der Waals surface area contributed by atoms with Gasteiger partial charge in [0.25, 0.3) is 11.5 Å². The normalized spacial score (nSPS) is 18.7. The number of nitrogens with zero attached hydrogens (tertiary/aromatic N) is 4. The molecule has 2 aliphatic rings. The van der Waals surface area contributed by atoms with E-state index < -0.39 is 0 Å². The summed E-state index contributed by atoms with van der Waals surface area (Å²) in [6.07, 6.45) is 5.83. The predicted octanol–water partition coefficient (Wildman–Crippen LogP) is 3.38. The van der Waals surface area contributed by atoms with Gasteiger partial charge in [-0.3, -0.25) is 19.5 Å². The zero-order valence-corrected chi connectivity index (χ0v) is 19.2. The molecule has 8 heteroatoms. The van der Waals surface area contributed by atoms with Crippen molar-refractivity contribution >= 4 is 17.2 Å². The number of hydrogen-bond acceptors (Lipinski definition) is 6. The third kappa shape index (κ3) is 4.00. The third-order valence-corrected chi connectivity index (χ3v) is 7.51. The highest BCUT2D eigenvalue weighted by Gasteiger charge is 2.31. The van der Waals surface area contributed by atoms with Crippen LogP contribution in [0.3, 0.4) is 0 Å². The number of thiophene rings is 1. The van der Waals surface area contributed by atoms with E-state index in [1.54, 1.807) is 29.4 Å². The van der Waals surface area contributed by atoms with E-state index in [4.69, 9.17) is 4.98 Å². The minimum atomic E-state index is -0.0598. The Morgan fingerprint density at radius 3 is 2.81 bits per heavy atom. The van der Waals surface area contributed by atoms with Gasteiger partial charge in [0.2, 0.25) is 0 Å². The van der Waals surface area contributed by atoms with E-state index in [2.05, 4.69) is 34.8 Å². The van der Waals surface area contributed by atoms with E-state index in [1.807, 2.05) is 11.3 Å². The average Bonchev–Trinajstić information content (AvgIpc) is 3.39. The van der Waals surface area contributed by atoms with Crippen molar-refractivity contribution in [3.63, 3.8) is 0 Å². The molecule has 0 bridgehead atoms. The number of carbonyl (C=O) groups is 1. The fourth-order valence-corrected chi connectivity index (χ4v) is 5.79. The van der Waals surface area contributed by atoms with E-state index in [0.29, 0.717) is 30.6 Å². The maximum absolute atomic E-state index is 12.9. The summed E-state index contributed by atoms with van der Waals surface area (Å²) in [5.74, 6) is 0.682. The second-order valence-corrected chi connectivity index (χ2v) is 10.1. The molecule has 1 saturated heterocycles. The van der Waals surface area contributed by atoms with Crippen LogP contribution in [0.5, 0.6) is 0 Å². The van der Waals surface area contributed by atoms with Crippen LogP contribution in [0.2, 0.25) is 0 Å². The standard InChI is InChI=1S/C24H27N5O2S/c1-15-12-18(16(2)32-15)13-28-10-3-4-21(28)22-26-20-14-29(11-7-19(20)23(30)27-22)24(31)17-5-8-25-9-6-17/h5-6,8-9,12,21H,3-4,7,10-11,13-14H2,1-2H3,(H,26,27,30)/t21-/m0/s1. The Balaban J connectivity index is 1.39. The molecule has 3 aromatic rings. The molecule has 0 saturated carbocycles. The maximum Gasteiger partial charge on any atom is 0.254 e. The molecule has 0 radical (unpaired) electrons. The van der Waals surface area contributed by atoms with Crippen LogP contribution in [-0.2, 0) is 19.5 Å². The lowest BCUT2D eigenvalue weighted by atomic mass is 10.0. The monoisotopic (exact) mass is 449 g/mol. The number of aryl methyl sites for hydroxylation is 2. The molecule has 32 heavy (non-hydrogen) atoms. The first-order valence-corrected chi connectivity index (χ1v) is 11.9. The van der Waals surface area contributed by atoms with Crippen LogP contribution >= 0.6 is 11.3 Å². The second kappa shape index (κ2) is 8.60. The van der Waals surface area contributed by atoms with Gasteiger partial charge in [-0.2, -0.15) is 0 Å². The number of H-pyrrole nitrogens is 1. The summed E-state index contributed by atoms with van der Waals surface area (Å²) < 4.78 is 0. The number of carbonyl (C=O) groups excluding carboxylic acids is 1. The van der Waals surface area contributed by atoms with Crippen LogP contribution in [0.1, 0.15) is 61.6 Å². The molecule has 5 heterocycles. The number of nitrogens with one attached hydrogen (secondary N) is 1. The Kier molecular flexibility index (Phi) is 5.65. The molecule has 1 fully saturated rings. The molecule has 166 valence electrons. The van der Waals surface area contributed by atoms with Gasteiger partial charge in [-0.15, -0.1) is 11.3 Å². The molecule has 1 amide bonds. The van der Waals surface area contributed by atoms with E-state index in [0.717, 1.165) is 37.4 Å². The summed E-state index contributed by atoms with van der Waals surface area (Å²) in [6.45, 7) is 7.06. The first kappa shape index (κ1) is 21.0. The predicted molar refractivity (Wildman–Crippen MR) is 124 cm³/mol. The van der Waals surface area contributed by atoms with E-state index >= 15 is 0 Å². The van der Waals surface area contributed by atoms with Crippen molar-refractivity contribution in [2.45, 2.75) is 52.2 Å². The van der Waals surface area contributed by atoms with Crippen molar-refractivity contribution in [2.24, 2.45) is 0 Å². The molecule has 7 nitrogen and oxygen atoms in total. The molecule has 0 aromatic carbocycles. The third-order valence-electron chi connectivity index (χ3n) is 6.50. The van der Waals surface area contributed by atoms with Gasteiger partial charge in [0.15, 0.2) is 0 Å². The van der Waals surface area contributed by atoms with Gasteiger partial charge in [0.1, 0.15) is 5.82 Å². The minimum Gasteiger partial charge on any atom is -0.332 e. The van der Waals surface area contributed by atoms with Gasteiger partial charge in [-0.05, 0) is 63.4 Å². The molecule has 0 unspecified atom stereocenters. The van der Waals surface area contributed by atoms with Gasteiger partial charge >= 0.3 is 0 Å². The Morgan fingerprint density at radius 1 is 1.25 bits per heavy atom. The average molecular weight is 450 g/mol. The number of likely N-dealkylation sites (tertiary alicyclic amines) is 1. The fraction of sp³-hybridized carbons (Fsp3) is 0.417. The van der Waals surface area contributed by atoms with Gasteiger partial charge in [-0.25, -0.2) is 4.98 Å². The number of aromatic amines is 1. The van der Waals surface area contributed by atoms with Crippen LogP contribution < -0.4 is 5.56 Å². The number of pyridine rings is 1. The van der Waals surface area contributed by atoms with Crippen molar-refractivity contribution in [3.8, 4) is 0 Å². The molecule has 0 spiro atoms. The van der Waals surface area contributed by atoms with Crippen LogP contribution in [-0.4, -0.2) is 43.7 Å². The summed E-state index contributed by atoms with van der Waals surface area (Å²) in [4.78, 5) is 44.6. The summed E-state index contributed by atoms with van der Waals surface area (Å²) in [5.41, 5.74) is 3.34. The molecular formula is C24H27N5O2S. The molecular weight excluding hydrogens is 422 g/mol. The number of rotatable bonds is 4. The first-order chi connectivity index (χ1) is 15.5. The van der Waals surface area contributed by atoms with Gasteiger partial charge in [0, 0.05) is 46.4 Å². The summed E-state index contributed by atoms with van der Waals surface area (Å²) in [5, 5.41) is 0. The van der Waals surface area contributed by atoms with Crippen molar-refractivity contribution in [1.82, 2.24) is 24.8 Å². The Labute approximate surface area is 191 Å². The van der Waals surface area contributed by atoms with Gasteiger partial charge in [-0.1, -0.05) is 0 Å². The lowest BCUT2D eigenvalue weighted by Gasteiger charge is -2.29. The lowest BCUT2D eigenvalue weighted by Crippen LogP contribution is -2.40. The maximum atomic E-state index is 12.9. The highest BCUT2D eigenvalue weighted by atomic mass is 32.1. The van der Waals surface area contributed by atoms with Gasteiger partial charge in [0.05, 0.1) is 18.3 Å². The van der Waals surface area contributed by atoms with Crippen molar-refractivity contribution in [3.05, 3.63) is 78.9 Å². The largest absolute Gasteiger partial charge is 0.332 e. The van der Waals surface area contributed by atoms with Crippen LogP contribution in [0.25, 0.3) is 0 Å². The Morgan fingerprint density at radius 2 is 2.06 bits per heavy atom. The van der Waals surface area contributed by atoms with Gasteiger partial charge < -0.3 is 9.88 Å². The van der Waals surface area contributed by atoms with Crippen molar-refractivity contribution in [2.75, 3.05) is 13.1 Å². The minimum absolute atomic E-state index is 0.0486. The molecule has 0 aliphatic carbocycles. The molecule has 1 atom stereocenters. The van der Waals surface area contributed by atoms with E-state index in [1.165, 1.54) is 15.3 Å². The smallest absolute Gasteiger partial charge is 0.254 e. The summed E-state index contributed by atoms with van der Waals surface area (Å²) in [7, 11) is 0. The number of aromatic nitrogens is 3. The zero-order valence-electron chi connectivity index (χ0n) is 18.4. The van der Waals surface area contributed by atoms with Crippen molar-refractivity contribution in [1.29, 1.82) is 0 Å². The molecule has 3 aromatic heterocycles. The van der Waals surface area contributed by atoms with Crippen molar-refractivity contribution < 1.29 is 4.79 Å². The Bertz CT molecular complexity index is 1200. The second-order valence-electron chi connectivity index (χ2n) is 8.66. The quantitative estimate of drug-likeness (QED) is 0.660. The van der Waals surface area contributed by atoms with Crippen LogP contribution in [0.4, 0.5) is 0 Å². The number of hydrogen-bond donors (Lipinski definition) is 1. The first-order valence-electron chi connectivity index (χ1n) is 11.1. The summed E-state index contributed by atoms with van der Waals surface area (Å²) >= 11 is 1.83. The molecule has 2 aliphatic heterocycles. The van der Waals surface area contributed by atoms with Crippen LogP contribution in [0.15, 0.2) is 35.4 Å². The van der Waals surface area contributed by atoms with E-state index in [-0.39, 0.29) is 17.5 Å². The highest BCUT2D eigenvalue weighted by molar-refractivity contribution is 7.12. The summed E-state index contributed by atoms with van der Waals surface area (Å²) in [6, 6.07) is 5.80. The topological polar surface area (TPSA) is 82.2 Å². The lowest BCUT2D eigenvalue weighted by molar-refractivity contribution is 0.0730. The van der Waals surface area contributed by atoms with E-state index in [9.17, 15) is 9.59 Å². The van der Waals surface area contributed by atoms with Crippen LogP contribution in [0, 0.1) is 13.8 Å². The highest BCUT2D eigenvalue weighted by Crippen LogP contribution is 2.33. The SMILES string of the molecule is Cc1cc(CN2CCC[C@H]2c2nc3c(c(=O)[nH]2)CCN(C(=O)c2ccncc2)C3)c(C)s1. The zero-order chi connectivity index (χ0) is 22.2. The number of fused-ring (bicyclic) bond motifs is 1.